The van der Waals surface area contributed by atoms with Crippen LogP contribution in [-0.2, 0) is 9.53 Å². The molecule has 0 aliphatic carbocycles. The van der Waals surface area contributed by atoms with E-state index in [4.69, 9.17) is 4.74 Å². The molecule has 0 aliphatic heterocycles. The molecule has 2 nitrogen and oxygen atoms in total. The predicted octanol–water partition coefficient (Wildman–Crippen LogP) is 2.93. The van der Waals surface area contributed by atoms with Gasteiger partial charge in [0.05, 0.1) is 0 Å². The van der Waals surface area contributed by atoms with E-state index in [2.05, 4.69) is 36.7 Å². The van der Waals surface area contributed by atoms with E-state index in [1.165, 1.54) is 16.2 Å². The van der Waals surface area contributed by atoms with Crippen LogP contribution in [0.4, 0.5) is 0 Å². The van der Waals surface area contributed by atoms with Crippen LogP contribution in [0.25, 0.3) is 0 Å². The quantitative estimate of drug-likeness (QED) is 0.535. The third kappa shape index (κ3) is 6.58. The fourth-order valence-electron chi connectivity index (χ4n) is 2.03. The van der Waals surface area contributed by atoms with Crippen LogP contribution in [-0.4, -0.2) is 38.5 Å². The molecule has 4 heteroatoms. The van der Waals surface area contributed by atoms with E-state index < -0.39 is 0 Å². The van der Waals surface area contributed by atoms with Crippen molar-refractivity contribution < 1.29 is 9.53 Å². The van der Waals surface area contributed by atoms with Gasteiger partial charge in [0.25, 0.3) is 0 Å². The molecule has 0 N–H and O–H groups in total. The molecule has 120 valence electrons. The van der Waals surface area contributed by atoms with Crippen molar-refractivity contribution in [2.75, 3.05) is 12.4 Å². The third-order valence-corrected chi connectivity index (χ3v) is 5.43. The summed E-state index contributed by atoms with van der Waals surface area (Å²) in [6.07, 6.45) is -0.304. The molecule has 0 fully saturated rings. The first-order valence-corrected chi connectivity index (χ1v) is 10.3. The van der Waals surface area contributed by atoms with E-state index in [0.717, 1.165) is 5.75 Å². The Balaban J connectivity index is 2.84. The van der Waals surface area contributed by atoms with Crippen LogP contribution in [0.5, 0.6) is 0 Å². The monoisotopic (exact) mass is 384 g/mol. The zero-order chi connectivity index (χ0) is 16.4. The second kappa shape index (κ2) is 10.9. The SMILES string of the molecule is CCOC(C#C[Se]c1ccccc1)C(C(=O)SCC)C(C)C. The van der Waals surface area contributed by atoms with Crippen molar-refractivity contribution in [1.82, 2.24) is 0 Å². The molecule has 0 saturated heterocycles. The molecule has 0 radical (unpaired) electrons. The zero-order valence-corrected chi connectivity index (χ0v) is 16.2. The number of carbonyl (C=O) groups is 1. The number of ether oxygens (including phenoxy) is 1. The fraction of sp³-hybridized carbons (Fsp3) is 0.500. The van der Waals surface area contributed by atoms with Crippen LogP contribution >= 0.6 is 11.8 Å². The molecule has 2 unspecified atom stereocenters. The minimum atomic E-state index is -0.304. The van der Waals surface area contributed by atoms with E-state index in [9.17, 15) is 4.79 Å². The molecular weight excluding hydrogens is 359 g/mol. The number of hydrogen-bond acceptors (Lipinski definition) is 3. The van der Waals surface area contributed by atoms with Gasteiger partial charge in [-0.05, 0) is 0 Å². The zero-order valence-electron chi connectivity index (χ0n) is 13.7. The van der Waals surface area contributed by atoms with Crippen LogP contribution in [0.1, 0.15) is 27.7 Å². The van der Waals surface area contributed by atoms with Crippen molar-refractivity contribution in [3.05, 3.63) is 30.3 Å². The van der Waals surface area contributed by atoms with E-state index in [-0.39, 0.29) is 38.0 Å². The second-order valence-corrected chi connectivity index (χ2v) is 8.17. The van der Waals surface area contributed by atoms with E-state index >= 15 is 0 Å². The minimum absolute atomic E-state index is 0.0963. The Hall–Kier alpha value is -0.721. The van der Waals surface area contributed by atoms with Crippen molar-refractivity contribution >= 4 is 36.3 Å². The Morgan fingerprint density at radius 1 is 1.27 bits per heavy atom. The maximum atomic E-state index is 12.4. The summed E-state index contributed by atoms with van der Waals surface area (Å²) in [6.45, 7) is 8.65. The fourth-order valence-corrected chi connectivity index (χ4v) is 4.14. The molecule has 0 bridgehead atoms. The van der Waals surface area contributed by atoms with E-state index in [1.807, 2.05) is 32.0 Å². The maximum absolute atomic E-state index is 12.4. The molecule has 0 aromatic heterocycles. The summed E-state index contributed by atoms with van der Waals surface area (Å²) in [7, 11) is 0. The van der Waals surface area contributed by atoms with Gasteiger partial charge in [0.15, 0.2) is 0 Å². The normalized spacial score (nSPS) is 13.3. The Labute approximate surface area is 144 Å². The summed E-state index contributed by atoms with van der Waals surface area (Å²) in [5.41, 5.74) is 0. The van der Waals surface area contributed by atoms with Crippen molar-refractivity contribution in [3.63, 3.8) is 0 Å². The molecule has 0 saturated carbocycles. The van der Waals surface area contributed by atoms with Crippen LogP contribution in [0, 0.1) is 22.6 Å². The predicted molar refractivity (Wildman–Crippen MR) is 96.5 cm³/mol. The van der Waals surface area contributed by atoms with E-state index in [0.29, 0.717) is 6.61 Å². The molecule has 1 aromatic rings. The Bertz CT molecular complexity index is 505. The summed E-state index contributed by atoms with van der Waals surface area (Å²) < 4.78 is 7.02. The number of thioether (sulfide) groups is 1. The van der Waals surface area contributed by atoms with Gasteiger partial charge in [-0.25, -0.2) is 0 Å². The summed E-state index contributed by atoms with van der Waals surface area (Å²) >= 11 is 1.47. The molecule has 0 spiro atoms. The molecule has 0 aliphatic rings. The van der Waals surface area contributed by atoms with Crippen molar-refractivity contribution in [2.24, 2.45) is 11.8 Å². The Morgan fingerprint density at radius 2 is 1.95 bits per heavy atom. The van der Waals surface area contributed by atoms with Crippen LogP contribution in [0.15, 0.2) is 30.3 Å². The third-order valence-electron chi connectivity index (χ3n) is 3.06. The van der Waals surface area contributed by atoms with E-state index in [1.54, 1.807) is 0 Å². The molecule has 1 aromatic carbocycles. The average Bonchev–Trinajstić information content (AvgIpc) is 2.48. The molecule has 0 amide bonds. The Kier molecular flexibility index (Phi) is 9.59. The molecule has 1 rings (SSSR count). The second-order valence-electron chi connectivity index (χ2n) is 5.06. The first-order chi connectivity index (χ1) is 10.6. The van der Waals surface area contributed by atoms with Crippen LogP contribution in [0.2, 0.25) is 0 Å². The van der Waals surface area contributed by atoms with Crippen molar-refractivity contribution in [3.8, 4) is 10.7 Å². The Morgan fingerprint density at radius 3 is 2.50 bits per heavy atom. The van der Waals surface area contributed by atoms with Gasteiger partial charge >= 0.3 is 145 Å². The first kappa shape index (κ1) is 19.3. The topological polar surface area (TPSA) is 26.3 Å². The van der Waals surface area contributed by atoms with Crippen molar-refractivity contribution in [2.45, 2.75) is 33.8 Å². The number of benzene rings is 1. The van der Waals surface area contributed by atoms with Gasteiger partial charge < -0.3 is 0 Å². The van der Waals surface area contributed by atoms with Crippen molar-refractivity contribution in [1.29, 1.82) is 0 Å². The average molecular weight is 383 g/mol. The van der Waals surface area contributed by atoms with Crippen LogP contribution < -0.4 is 4.46 Å². The van der Waals surface area contributed by atoms with Gasteiger partial charge in [0.1, 0.15) is 0 Å². The summed E-state index contributed by atoms with van der Waals surface area (Å²) in [5.74, 6) is 4.07. The standard InChI is InChI=1S/C18H24O2SSe/c1-5-20-16(17(14(3)4)18(19)21-6-2)12-13-22-15-10-8-7-9-11-15/h7-11,14,16-17H,5-6H2,1-4H3. The summed E-state index contributed by atoms with van der Waals surface area (Å²) in [6, 6.07) is 10.2. The van der Waals surface area contributed by atoms with Gasteiger partial charge in [-0.3, -0.25) is 0 Å². The molecule has 22 heavy (non-hydrogen) atoms. The van der Waals surface area contributed by atoms with Gasteiger partial charge in [0, 0.05) is 0 Å². The van der Waals surface area contributed by atoms with Gasteiger partial charge in [0.2, 0.25) is 0 Å². The molecular formula is C18H24O2SSe. The number of hydrogen-bond donors (Lipinski definition) is 0. The van der Waals surface area contributed by atoms with Gasteiger partial charge in [-0.15, -0.1) is 0 Å². The van der Waals surface area contributed by atoms with Gasteiger partial charge in [-0.2, -0.15) is 0 Å². The summed E-state index contributed by atoms with van der Waals surface area (Å²) in [5, 5.41) is 0.192. The summed E-state index contributed by atoms with van der Waals surface area (Å²) in [4.78, 5) is 15.6. The molecule has 2 atom stereocenters. The molecule has 0 heterocycles. The van der Waals surface area contributed by atoms with Gasteiger partial charge in [-0.1, -0.05) is 0 Å². The first-order valence-electron chi connectivity index (χ1n) is 7.60. The van der Waals surface area contributed by atoms with Crippen LogP contribution in [0.3, 0.4) is 0 Å². The number of rotatable bonds is 7. The number of carbonyl (C=O) groups excluding carboxylic acids is 1.